The van der Waals surface area contributed by atoms with Gasteiger partial charge in [0.1, 0.15) is 12.2 Å². The molecule has 0 bridgehead atoms. The van der Waals surface area contributed by atoms with Gasteiger partial charge in [-0.25, -0.2) is 0 Å². The molecule has 2 aliphatic rings. The van der Waals surface area contributed by atoms with Crippen LogP contribution in [0.5, 0.6) is 0 Å². The minimum Gasteiger partial charge on any atom is -0.349 e. The van der Waals surface area contributed by atoms with Crippen LogP contribution in [0.4, 0.5) is 0 Å². The van der Waals surface area contributed by atoms with Crippen LogP contribution in [0, 0.1) is 0 Å². The standard InChI is InChI=1S/C18H33N5OS2/c1-5-7-8-9-11-21(6-2)17(26)22-12-10-19-14(3)18(22,4)23-13-15(24)20-16(23)25/h14,19H,5-13H2,1-4H3,(H,20,24,25). The SMILES string of the molecule is CCCCCCN(CC)C(=S)N1CCNC(C)C1(C)N1CC(=O)NC1=S. The van der Waals surface area contributed by atoms with E-state index in [0.29, 0.717) is 5.11 Å². The zero-order valence-electron chi connectivity index (χ0n) is 16.5. The van der Waals surface area contributed by atoms with E-state index < -0.39 is 5.66 Å². The Balaban J connectivity index is 2.18. The molecule has 0 aliphatic carbocycles. The van der Waals surface area contributed by atoms with Gasteiger partial charge in [-0.2, -0.15) is 0 Å². The first-order valence-corrected chi connectivity index (χ1v) is 10.6. The molecule has 2 fully saturated rings. The minimum atomic E-state index is -0.470. The molecule has 0 aromatic heterocycles. The van der Waals surface area contributed by atoms with Crippen LogP contribution >= 0.6 is 24.4 Å². The molecule has 2 aliphatic heterocycles. The van der Waals surface area contributed by atoms with Crippen LogP contribution in [0.15, 0.2) is 0 Å². The topological polar surface area (TPSA) is 50.9 Å². The Kier molecular flexibility index (Phi) is 7.61. The van der Waals surface area contributed by atoms with E-state index >= 15 is 0 Å². The van der Waals surface area contributed by atoms with E-state index in [0.717, 1.165) is 37.7 Å². The quantitative estimate of drug-likeness (QED) is 0.501. The molecule has 2 atom stereocenters. The summed E-state index contributed by atoms with van der Waals surface area (Å²) in [6.45, 7) is 12.5. The molecule has 8 heteroatoms. The molecule has 2 N–H and O–H groups in total. The number of nitrogens with zero attached hydrogens (tertiary/aromatic N) is 3. The summed E-state index contributed by atoms with van der Waals surface area (Å²) in [6, 6.07) is 0.124. The number of nitrogens with one attached hydrogen (secondary N) is 2. The van der Waals surface area contributed by atoms with Crippen molar-refractivity contribution in [1.82, 2.24) is 25.3 Å². The highest BCUT2D eigenvalue weighted by atomic mass is 32.1. The fraction of sp³-hybridized carbons (Fsp3) is 0.833. The van der Waals surface area contributed by atoms with Crippen molar-refractivity contribution in [2.45, 2.75) is 65.1 Å². The number of carbonyl (C=O) groups is 1. The molecule has 6 nitrogen and oxygen atoms in total. The molecule has 0 saturated carbocycles. The number of amides is 1. The maximum Gasteiger partial charge on any atom is 0.245 e. The highest BCUT2D eigenvalue weighted by Gasteiger charge is 2.50. The van der Waals surface area contributed by atoms with Gasteiger partial charge in [-0.3, -0.25) is 4.79 Å². The zero-order chi connectivity index (χ0) is 19.3. The van der Waals surface area contributed by atoms with Gasteiger partial charge >= 0.3 is 0 Å². The molecule has 148 valence electrons. The Hall–Kier alpha value is -0.990. The molecule has 2 heterocycles. The summed E-state index contributed by atoms with van der Waals surface area (Å²) in [7, 11) is 0. The third kappa shape index (κ3) is 4.28. The monoisotopic (exact) mass is 399 g/mol. The maximum absolute atomic E-state index is 11.9. The lowest BCUT2D eigenvalue weighted by molar-refractivity contribution is -0.120. The van der Waals surface area contributed by atoms with Crippen molar-refractivity contribution < 1.29 is 4.79 Å². The van der Waals surface area contributed by atoms with Crippen molar-refractivity contribution in [3.05, 3.63) is 0 Å². The average molecular weight is 400 g/mol. The number of thiocarbonyl (C=S) groups is 2. The largest absolute Gasteiger partial charge is 0.349 e. The van der Waals surface area contributed by atoms with Gasteiger partial charge in [0.25, 0.3) is 0 Å². The van der Waals surface area contributed by atoms with Crippen LogP contribution in [0.2, 0.25) is 0 Å². The average Bonchev–Trinajstić information content (AvgIpc) is 2.96. The van der Waals surface area contributed by atoms with Gasteiger partial charge in [0.05, 0.1) is 0 Å². The summed E-state index contributed by atoms with van der Waals surface area (Å²) in [5.74, 6) is -0.0493. The summed E-state index contributed by atoms with van der Waals surface area (Å²) in [5, 5.41) is 7.65. The third-order valence-corrected chi connectivity index (χ3v) is 6.46. The Morgan fingerprint density at radius 2 is 2.08 bits per heavy atom. The molecular weight excluding hydrogens is 366 g/mol. The smallest absolute Gasteiger partial charge is 0.245 e. The van der Waals surface area contributed by atoms with E-state index in [4.69, 9.17) is 24.4 Å². The summed E-state index contributed by atoms with van der Waals surface area (Å²) >= 11 is 11.4. The second kappa shape index (κ2) is 9.28. The van der Waals surface area contributed by atoms with E-state index in [2.05, 4.69) is 48.1 Å². The van der Waals surface area contributed by atoms with Crippen LogP contribution in [0.3, 0.4) is 0 Å². The Morgan fingerprint density at radius 3 is 2.65 bits per heavy atom. The van der Waals surface area contributed by atoms with Crippen molar-refractivity contribution in [2.75, 3.05) is 32.7 Å². The highest BCUT2D eigenvalue weighted by Crippen LogP contribution is 2.30. The van der Waals surface area contributed by atoms with Gasteiger partial charge in [0.2, 0.25) is 5.91 Å². The van der Waals surface area contributed by atoms with E-state index in [1.165, 1.54) is 19.3 Å². The van der Waals surface area contributed by atoms with Crippen LogP contribution < -0.4 is 10.6 Å². The normalized spacial score (nSPS) is 26.2. The lowest BCUT2D eigenvalue weighted by Crippen LogP contribution is -2.74. The van der Waals surface area contributed by atoms with E-state index in [9.17, 15) is 4.79 Å². The third-order valence-electron chi connectivity index (χ3n) is 5.66. The van der Waals surface area contributed by atoms with Crippen LogP contribution in [-0.2, 0) is 4.79 Å². The molecule has 2 saturated heterocycles. The molecule has 2 unspecified atom stereocenters. The molecule has 0 aromatic carbocycles. The first-order valence-electron chi connectivity index (χ1n) is 9.77. The van der Waals surface area contributed by atoms with Gasteiger partial charge in [-0.05, 0) is 51.6 Å². The number of piperazine rings is 1. The first-order chi connectivity index (χ1) is 12.4. The number of rotatable bonds is 7. The molecule has 2 rings (SSSR count). The second-order valence-corrected chi connectivity index (χ2v) is 8.04. The fourth-order valence-electron chi connectivity index (χ4n) is 3.81. The number of carbonyl (C=O) groups excluding carboxylic acids is 1. The number of hydrogen-bond acceptors (Lipinski definition) is 4. The predicted molar refractivity (Wildman–Crippen MR) is 114 cm³/mol. The molecule has 0 spiro atoms. The maximum atomic E-state index is 11.9. The summed E-state index contributed by atoms with van der Waals surface area (Å²) in [5.41, 5.74) is -0.470. The lowest BCUT2D eigenvalue weighted by atomic mass is 9.97. The van der Waals surface area contributed by atoms with Gasteiger partial charge < -0.3 is 25.3 Å². The second-order valence-electron chi connectivity index (χ2n) is 7.28. The molecular formula is C18H33N5OS2. The fourth-order valence-corrected chi connectivity index (χ4v) is 4.67. The summed E-state index contributed by atoms with van der Waals surface area (Å²) in [4.78, 5) is 18.4. The van der Waals surface area contributed by atoms with Gasteiger partial charge in [0.15, 0.2) is 10.2 Å². The molecule has 26 heavy (non-hydrogen) atoms. The van der Waals surface area contributed by atoms with E-state index in [1.807, 2.05) is 4.90 Å². The Labute approximate surface area is 168 Å². The van der Waals surface area contributed by atoms with Crippen molar-refractivity contribution >= 4 is 40.6 Å². The zero-order valence-corrected chi connectivity index (χ0v) is 18.1. The Morgan fingerprint density at radius 1 is 1.35 bits per heavy atom. The molecule has 0 aromatic rings. The summed E-state index contributed by atoms with van der Waals surface area (Å²) < 4.78 is 0. The van der Waals surface area contributed by atoms with Gasteiger partial charge in [-0.1, -0.05) is 26.2 Å². The van der Waals surface area contributed by atoms with Crippen molar-refractivity contribution in [2.24, 2.45) is 0 Å². The van der Waals surface area contributed by atoms with Crippen LogP contribution in [0.1, 0.15) is 53.4 Å². The van der Waals surface area contributed by atoms with Gasteiger partial charge in [-0.15, -0.1) is 0 Å². The van der Waals surface area contributed by atoms with Crippen molar-refractivity contribution in [3.8, 4) is 0 Å². The minimum absolute atomic E-state index is 0.0493. The highest BCUT2D eigenvalue weighted by molar-refractivity contribution is 7.80. The lowest BCUT2D eigenvalue weighted by Gasteiger charge is -2.55. The first kappa shape index (κ1) is 21.3. The predicted octanol–water partition coefficient (Wildman–Crippen LogP) is 1.90. The molecule has 0 radical (unpaired) electrons. The molecule has 1 amide bonds. The van der Waals surface area contributed by atoms with Crippen molar-refractivity contribution in [3.63, 3.8) is 0 Å². The van der Waals surface area contributed by atoms with Gasteiger partial charge in [0, 0.05) is 32.2 Å². The van der Waals surface area contributed by atoms with Crippen LogP contribution in [-0.4, -0.2) is 75.3 Å². The number of unbranched alkanes of at least 4 members (excludes halogenated alkanes) is 3. The van der Waals surface area contributed by atoms with Crippen LogP contribution in [0.25, 0.3) is 0 Å². The summed E-state index contributed by atoms with van der Waals surface area (Å²) in [6.07, 6.45) is 4.89. The number of hydrogen-bond donors (Lipinski definition) is 2. The Bertz CT molecular complexity index is 544. The van der Waals surface area contributed by atoms with E-state index in [-0.39, 0.29) is 18.5 Å². The van der Waals surface area contributed by atoms with E-state index in [1.54, 1.807) is 0 Å². The van der Waals surface area contributed by atoms with Crippen molar-refractivity contribution in [1.29, 1.82) is 0 Å².